The third-order valence-corrected chi connectivity index (χ3v) is 7.43. The summed E-state index contributed by atoms with van der Waals surface area (Å²) in [5.74, 6) is -0.459. The zero-order chi connectivity index (χ0) is 19.3. The number of aromatic nitrogens is 2. The topological polar surface area (TPSA) is 41.0 Å². The van der Waals surface area contributed by atoms with E-state index in [0.717, 1.165) is 23.7 Å². The van der Waals surface area contributed by atoms with Gasteiger partial charge in [0.25, 0.3) is 0 Å². The van der Waals surface area contributed by atoms with Gasteiger partial charge in [0.05, 0.1) is 15.4 Å². The number of rotatable bonds is 2. The van der Waals surface area contributed by atoms with Crippen LogP contribution in [0.1, 0.15) is 35.0 Å². The minimum absolute atomic E-state index is 0.0610. The summed E-state index contributed by atoms with van der Waals surface area (Å²) in [5, 5.41) is 0.0940. The molecule has 1 aromatic carbocycles. The minimum atomic E-state index is -0.544. The van der Waals surface area contributed by atoms with E-state index in [9.17, 15) is 13.6 Å². The molecule has 1 N–H and O–H groups in total. The van der Waals surface area contributed by atoms with Crippen LogP contribution >= 0.6 is 39.9 Å². The maximum absolute atomic E-state index is 14.6. The fourth-order valence-corrected chi connectivity index (χ4v) is 5.84. The molecule has 0 aliphatic carbocycles. The highest BCUT2D eigenvalue weighted by atomic mass is 79.9. The lowest BCUT2D eigenvalue weighted by Crippen LogP contribution is -2.38. The van der Waals surface area contributed by atoms with E-state index < -0.39 is 11.6 Å². The van der Waals surface area contributed by atoms with Crippen molar-refractivity contribution in [1.29, 1.82) is 0 Å². The highest BCUT2D eigenvalue weighted by Gasteiger charge is 2.35. The molecule has 1 unspecified atom stereocenters. The number of amides is 1. The summed E-state index contributed by atoms with van der Waals surface area (Å²) in [4.78, 5) is 16.9. The summed E-state index contributed by atoms with van der Waals surface area (Å²) in [6, 6.07) is 2.68. The second-order valence-electron chi connectivity index (χ2n) is 6.88. The standard InChI is InChI=1S/C18H18BrF2N3OS2/c1-9(25)23-4-5-27-14(8-23)17-13-6-10(7-24(13)18(26)22-17)15-12(20)3-2-11(19)16(15)21/h2-3,10,14H,4-8H2,1H3,(H,22,26)/t10?,14-/m0/s1. The SMILES string of the molecule is CC(=O)N1CCS[C@H](c2[nH]c(=S)n3c2CC(c2c(F)ccc(Br)c2F)C3)C1. The predicted octanol–water partition coefficient (Wildman–Crippen LogP) is 4.56. The molecule has 0 bridgehead atoms. The average molecular weight is 474 g/mol. The first-order chi connectivity index (χ1) is 12.9. The smallest absolute Gasteiger partial charge is 0.219 e. The van der Waals surface area contributed by atoms with Crippen molar-refractivity contribution in [3.05, 3.63) is 50.0 Å². The van der Waals surface area contributed by atoms with Crippen molar-refractivity contribution in [1.82, 2.24) is 14.5 Å². The minimum Gasteiger partial charge on any atom is -0.341 e. The van der Waals surface area contributed by atoms with Gasteiger partial charge in [-0.1, -0.05) is 0 Å². The average Bonchev–Trinajstić information content (AvgIpc) is 3.19. The van der Waals surface area contributed by atoms with Crippen LogP contribution in [0.5, 0.6) is 0 Å². The van der Waals surface area contributed by atoms with Crippen LogP contribution in [0.15, 0.2) is 16.6 Å². The Morgan fingerprint density at radius 2 is 2.15 bits per heavy atom. The summed E-state index contributed by atoms with van der Waals surface area (Å²) < 4.78 is 31.7. The molecule has 0 spiro atoms. The molecule has 1 amide bonds. The number of halogens is 3. The Hall–Kier alpha value is -1.19. The maximum atomic E-state index is 14.6. The molecule has 4 rings (SSSR count). The van der Waals surface area contributed by atoms with Gasteiger partial charge >= 0.3 is 0 Å². The zero-order valence-corrected chi connectivity index (χ0v) is 17.8. The van der Waals surface area contributed by atoms with Crippen LogP contribution in [-0.2, 0) is 17.8 Å². The largest absolute Gasteiger partial charge is 0.341 e. The monoisotopic (exact) mass is 473 g/mol. The number of carbonyl (C=O) groups is 1. The van der Waals surface area contributed by atoms with Gasteiger partial charge < -0.3 is 14.5 Å². The molecule has 2 aliphatic heterocycles. The van der Waals surface area contributed by atoms with E-state index in [0.29, 0.717) is 24.3 Å². The molecule has 1 saturated heterocycles. The summed E-state index contributed by atoms with van der Waals surface area (Å²) in [6.07, 6.45) is 0.518. The molecular weight excluding hydrogens is 456 g/mol. The number of nitrogens with zero attached hydrogens (tertiary/aromatic N) is 2. The van der Waals surface area contributed by atoms with Crippen LogP contribution in [0.25, 0.3) is 0 Å². The molecule has 2 aliphatic rings. The van der Waals surface area contributed by atoms with Crippen LogP contribution < -0.4 is 0 Å². The Morgan fingerprint density at radius 3 is 2.89 bits per heavy atom. The van der Waals surface area contributed by atoms with E-state index in [4.69, 9.17) is 12.2 Å². The van der Waals surface area contributed by atoms with Gasteiger partial charge in [-0.2, -0.15) is 0 Å². The molecule has 9 heteroatoms. The van der Waals surface area contributed by atoms with Crippen molar-refractivity contribution in [3.63, 3.8) is 0 Å². The van der Waals surface area contributed by atoms with Crippen LogP contribution in [0, 0.1) is 16.4 Å². The molecular formula is C18H18BrF2N3OS2. The molecule has 4 nitrogen and oxygen atoms in total. The van der Waals surface area contributed by atoms with Crippen LogP contribution in [0.4, 0.5) is 8.78 Å². The summed E-state index contributed by atoms with van der Waals surface area (Å²) in [7, 11) is 0. The molecule has 27 heavy (non-hydrogen) atoms. The molecule has 1 fully saturated rings. The van der Waals surface area contributed by atoms with Gasteiger partial charge in [0.15, 0.2) is 4.77 Å². The third-order valence-electron chi connectivity index (χ3n) is 5.29. The van der Waals surface area contributed by atoms with Crippen molar-refractivity contribution in [3.8, 4) is 0 Å². The molecule has 2 aromatic rings. The molecule has 2 atom stereocenters. The van der Waals surface area contributed by atoms with Gasteiger partial charge in [0, 0.05) is 49.5 Å². The number of aromatic amines is 1. The number of hydrogen-bond donors (Lipinski definition) is 1. The summed E-state index contributed by atoms with van der Waals surface area (Å²) in [5.41, 5.74) is 2.08. The fraction of sp³-hybridized carbons (Fsp3) is 0.444. The maximum Gasteiger partial charge on any atom is 0.219 e. The normalized spacial score (nSPS) is 22.1. The van der Waals surface area contributed by atoms with Gasteiger partial charge in [0.1, 0.15) is 11.6 Å². The van der Waals surface area contributed by atoms with Gasteiger partial charge in [-0.05, 0) is 46.7 Å². The Labute approximate surface area is 173 Å². The quantitative estimate of drug-likeness (QED) is 0.513. The number of H-pyrrole nitrogens is 1. The first-order valence-corrected chi connectivity index (χ1v) is 10.9. The van der Waals surface area contributed by atoms with Gasteiger partial charge in [-0.15, -0.1) is 11.8 Å². The van der Waals surface area contributed by atoms with Crippen molar-refractivity contribution in [2.75, 3.05) is 18.8 Å². The number of carbonyl (C=O) groups excluding carboxylic acids is 1. The van der Waals surface area contributed by atoms with Crippen molar-refractivity contribution in [2.24, 2.45) is 0 Å². The highest BCUT2D eigenvalue weighted by Crippen LogP contribution is 2.41. The second kappa shape index (κ2) is 7.33. The van der Waals surface area contributed by atoms with Crippen molar-refractivity contribution in [2.45, 2.75) is 31.1 Å². The lowest BCUT2D eigenvalue weighted by atomic mass is 9.95. The van der Waals surface area contributed by atoms with Gasteiger partial charge in [0.2, 0.25) is 5.91 Å². The van der Waals surface area contributed by atoms with E-state index in [1.54, 1.807) is 18.7 Å². The third kappa shape index (κ3) is 3.38. The fourth-order valence-electron chi connectivity index (χ4n) is 3.94. The lowest BCUT2D eigenvalue weighted by molar-refractivity contribution is -0.128. The molecule has 1 aromatic heterocycles. The number of hydrogen-bond acceptors (Lipinski definition) is 3. The Morgan fingerprint density at radius 1 is 1.37 bits per heavy atom. The van der Waals surface area contributed by atoms with Crippen LogP contribution in [-0.4, -0.2) is 39.2 Å². The van der Waals surface area contributed by atoms with Crippen molar-refractivity contribution < 1.29 is 13.6 Å². The van der Waals surface area contributed by atoms with E-state index in [1.165, 1.54) is 12.1 Å². The summed E-state index contributed by atoms with van der Waals surface area (Å²) >= 11 is 10.4. The van der Waals surface area contributed by atoms with E-state index >= 15 is 0 Å². The number of imidazole rings is 1. The molecule has 0 saturated carbocycles. The van der Waals surface area contributed by atoms with Crippen molar-refractivity contribution >= 4 is 45.8 Å². The number of nitrogens with one attached hydrogen (secondary N) is 1. The van der Waals surface area contributed by atoms with E-state index in [1.807, 2.05) is 9.47 Å². The molecule has 144 valence electrons. The Balaban J connectivity index is 1.66. The number of fused-ring (bicyclic) bond motifs is 1. The van der Waals surface area contributed by atoms with E-state index in [-0.39, 0.29) is 27.1 Å². The van der Waals surface area contributed by atoms with Gasteiger partial charge in [-0.25, -0.2) is 8.78 Å². The number of benzene rings is 1. The molecule has 3 heterocycles. The molecule has 0 radical (unpaired) electrons. The first-order valence-electron chi connectivity index (χ1n) is 8.69. The van der Waals surface area contributed by atoms with Crippen LogP contribution in [0.2, 0.25) is 0 Å². The Kier molecular flexibility index (Phi) is 5.20. The highest BCUT2D eigenvalue weighted by molar-refractivity contribution is 9.10. The van der Waals surface area contributed by atoms with Gasteiger partial charge in [-0.3, -0.25) is 4.79 Å². The Bertz CT molecular complexity index is 974. The zero-order valence-electron chi connectivity index (χ0n) is 14.6. The predicted molar refractivity (Wildman–Crippen MR) is 108 cm³/mol. The van der Waals surface area contributed by atoms with E-state index in [2.05, 4.69) is 20.9 Å². The second-order valence-corrected chi connectivity index (χ2v) is 9.44. The van der Waals surface area contributed by atoms with Crippen LogP contribution in [0.3, 0.4) is 0 Å². The lowest BCUT2D eigenvalue weighted by Gasteiger charge is -2.31. The summed E-state index contributed by atoms with van der Waals surface area (Å²) in [6.45, 7) is 3.38. The first kappa shape index (κ1) is 19.1. The number of thioether (sulfide) groups is 1.